The van der Waals surface area contributed by atoms with Crippen LogP contribution in [0.3, 0.4) is 0 Å². The molecule has 3 amide bonds. The smallest absolute Gasteiger partial charge is 0.320 e. The molecule has 1 aromatic rings. The first-order valence-electron chi connectivity index (χ1n) is 7.85. The lowest BCUT2D eigenvalue weighted by molar-refractivity contribution is -0.142. The summed E-state index contributed by atoms with van der Waals surface area (Å²) in [5.41, 5.74) is 6.15. The van der Waals surface area contributed by atoms with E-state index in [2.05, 4.69) is 15.3 Å². The van der Waals surface area contributed by atoms with Crippen molar-refractivity contribution >= 4 is 17.8 Å². The van der Waals surface area contributed by atoms with Crippen molar-refractivity contribution in [3.05, 3.63) is 18.1 Å². The van der Waals surface area contributed by atoms with Crippen LogP contribution in [0.4, 0.5) is 10.6 Å². The highest BCUT2D eigenvalue weighted by Crippen LogP contribution is 2.17. The summed E-state index contributed by atoms with van der Waals surface area (Å²) in [4.78, 5) is 32.7. The zero-order chi connectivity index (χ0) is 17.7. The number of urea groups is 1. The van der Waals surface area contributed by atoms with Gasteiger partial charge in [0.15, 0.2) is 11.5 Å². The lowest BCUT2D eigenvalue weighted by Crippen LogP contribution is -2.53. The molecule has 0 radical (unpaired) electrons. The second-order valence-electron chi connectivity index (χ2n) is 5.68. The largest absolute Gasteiger partial charge is 0.341 e. The van der Waals surface area contributed by atoms with Gasteiger partial charge in [0.25, 0.3) is 5.91 Å². The fourth-order valence-corrected chi connectivity index (χ4v) is 2.35. The summed E-state index contributed by atoms with van der Waals surface area (Å²) >= 11 is 0. The Morgan fingerprint density at radius 2 is 2.08 bits per heavy atom. The van der Waals surface area contributed by atoms with Gasteiger partial charge in [0.1, 0.15) is 6.07 Å². The van der Waals surface area contributed by atoms with Crippen LogP contribution in [0.15, 0.2) is 12.4 Å². The average molecular weight is 331 g/mol. The van der Waals surface area contributed by atoms with Gasteiger partial charge >= 0.3 is 6.03 Å². The second kappa shape index (κ2) is 7.70. The van der Waals surface area contributed by atoms with Crippen molar-refractivity contribution in [3.8, 4) is 6.07 Å². The maximum Gasteiger partial charge on any atom is 0.341 e. The molecule has 0 bridgehead atoms. The molecule has 0 aliphatic carbocycles. The van der Waals surface area contributed by atoms with E-state index >= 15 is 0 Å². The SMILES string of the molecule is CCC(C)[C@H](N)C(=O)N1CCCN1C(=O)Nc1cnc(C#N)cn1. The van der Waals surface area contributed by atoms with Crippen LogP contribution in [0.25, 0.3) is 0 Å². The van der Waals surface area contributed by atoms with E-state index in [4.69, 9.17) is 11.0 Å². The van der Waals surface area contributed by atoms with Gasteiger partial charge in [-0.05, 0) is 12.3 Å². The summed E-state index contributed by atoms with van der Waals surface area (Å²) in [6.07, 6.45) is 4.03. The first-order valence-corrected chi connectivity index (χ1v) is 7.85. The highest BCUT2D eigenvalue weighted by Gasteiger charge is 2.34. The molecule has 0 saturated carbocycles. The number of hydrazine groups is 1. The molecular weight excluding hydrogens is 310 g/mol. The lowest BCUT2D eigenvalue weighted by atomic mass is 9.99. The number of nitriles is 1. The normalized spacial score (nSPS) is 16.4. The standard InChI is InChI=1S/C15H21N7O2/c1-3-10(2)13(17)14(23)21-5-4-6-22(21)15(24)20-12-9-18-11(7-16)8-19-12/h8-10,13H,3-6,17H2,1-2H3,(H,19,20,24)/t10?,13-/m0/s1. The van der Waals surface area contributed by atoms with E-state index in [0.29, 0.717) is 19.5 Å². The quantitative estimate of drug-likeness (QED) is 0.836. The molecule has 2 rings (SSSR count). The summed E-state index contributed by atoms with van der Waals surface area (Å²) in [6.45, 7) is 4.76. The fourth-order valence-electron chi connectivity index (χ4n) is 2.35. The zero-order valence-electron chi connectivity index (χ0n) is 13.8. The number of hydrogen-bond donors (Lipinski definition) is 2. The van der Waals surface area contributed by atoms with Crippen molar-refractivity contribution in [1.29, 1.82) is 5.26 Å². The Morgan fingerprint density at radius 3 is 2.67 bits per heavy atom. The molecule has 1 aliphatic rings. The Morgan fingerprint density at radius 1 is 1.38 bits per heavy atom. The van der Waals surface area contributed by atoms with Crippen molar-refractivity contribution in [1.82, 2.24) is 20.0 Å². The van der Waals surface area contributed by atoms with E-state index in [1.54, 1.807) is 0 Å². The molecular formula is C15H21N7O2. The Bertz CT molecular complexity index is 640. The van der Waals surface area contributed by atoms with Crippen LogP contribution < -0.4 is 11.1 Å². The van der Waals surface area contributed by atoms with Crippen molar-refractivity contribution in [2.45, 2.75) is 32.7 Å². The third kappa shape index (κ3) is 3.78. The van der Waals surface area contributed by atoms with Crippen LogP contribution in [-0.4, -0.2) is 51.1 Å². The fraction of sp³-hybridized carbons (Fsp3) is 0.533. The van der Waals surface area contributed by atoms with E-state index in [0.717, 1.165) is 6.42 Å². The maximum absolute atomic E-state index is 12.5. The van der Waals surface area contributed by atoms with Crippen LogP contribution in [0.1, 0.15) is 32.4 Å². The highest BCUT2D eigenvalue weighted by molar-refractivity contribution is 5.91. The van der Waals surface area contributed by atoms with Crippen molar-refractivity contribution < 1.29 is 9.59 Å². The van der Waals surface area contributed by atoms with Gasteiger partial charge in [-0.2, -0.15) is 5.26 Å². The number of carbonyl (C=O) groups excluding carboxylic acids is 2. The minimum absolute atomic E-state index is 0.0346. The van der Waals surface area contributed by atoms with Gasteiger partial charge < -0.3 is 5.73 Å². The number of hydrogen-bond acceptors (Lipinski definition) is 6. The number of carbonyl (C=O) groups is 2. The van der Waals surface area contributed by atoms with E-state index in [-0.39, 0.29) is 23.3 Å². The van der Waals surface area contributed by atoms with Gasteiger partial charge in [-0.3, -0.25) is 10.1 Å². The lowest BCUT2D eigenvalue weighted by Gasteiger charge is -2.31. The molecule has 0 spiro atoms. The van der Waals surface area contributed by atoms with Crippen LogP contribution in [-0.2, 0) is 4.79 Å². The van der Waals surface area contributed by atoms with Gasteiger partial charge in [0, 0.05) is 13.1 Å². The minimum atomic E-state index is -0.641. The maximum atomic E-state index is 12.5. The first-order chi connectivity index (χ1) is 11.5. The number of nitrogens with one attached hydrogen (secondary N) is 1. The first kappa shape index (κ1) is 17.6. The Hall–Kier alpha value is -2.73. The predicted octanol–water partition coefficient (Wildman–Crippen LogP) is 0.703. The number of rotatable bonds is 4. The molecule has 1 unspecified atom stereocenters. The van der Waals surface area contributed by atoms with E-state index in [1.165, 1.54) is 22.4 Å². The molecule has 1 saturated heterocycles. The van der Waals surface area contributed by atoms with E-state index in [1.807, 2.05) is 19.9 Å². The highest BCUT2D eigenvalue weighted by atomic mass is 16.2. The van der Waals surface area contributed by atoms with E-state index < -0.39 is 12.1 Å². The molecule has 128 valence electrons. The third-order valence-electron chi connectivity index (χ3n) is 4.06. The van der Waals surface area contributed by atoms with Crippen molar-refractivity contribution in [2.75, 3.05) is 18.4 Å². The van der Waals surface area contributed by atoms with Crippen LogP contribution in [0.5, 0.6) is 0 Å². The molecule has 24 heavy (non-hydrogen) atoms. The summed E-state index contributed by atoms with van der Waals surface area (Å²) in [6, 6.07) is 0.733. The Balaban J connectivity index is 2.04. The molecule has 1 aliphatic heterocycles. The van der Waals surface area contributed by atoms with Gasteiger partial charge in [0.2, 0.25) is 0 Å². The van der Waals surface area contributed by atoms with Gasteiger partial charge in [-0.15, -0.1) is 0 Å². The van der Waals surface area contributed by atoms with Crippen LogP contribution in [0.2, 0.25) is 0 Å². The average Bonchev–Trinajstić information content (AvgIpc) is 3.10. The van der Waals surface area contributed by atoms with E-state index in [9.17, 15) is 9.59 Å². The topological polar surface area (TPSA) is 128 Å². The summed E-state index contributed by atoms with van der Waals surface area (Å²) in [5, 5.41) is 14.0. The van der Waals surface area contributed by atoms with Gasteiger partial charge in [-0.25, -0.2) is 24.8 Å². The summed E-state index contributed by atoms with van der Waals surface area (Å²) in [5.74, 6) is -0.0140. The number of aromatic nitrogens is 2. The molecule has 9 nitrogen and oxygen atoms in total. The number of nitrogens with zero attached hydrogens (tertiary/aromatic N) is 5. The predicted molar refractivity (Wildman–Crippen MR) is 86.2 cm³/mol. The third-order valence-corrected chi connectivity index (χ3v) is 4.06. The molecule has 0 aromatic carbocycles. The molecule has 2 atom stereocenters. The number of nitrogens with two attached hydrogens (primary N) is 1. The van der Waals surface area contributed by atoms with Crippen molar-refractivity contribution in [3.63, 3.8) is 0 Å². The monoisotopic (exact) mass is 331 g/mol. The molecule has 1 aromatic heterocycles. The van der Waals surface area contributed by atoms with Crippen LogP contribution in [0, 0.1) is 17.2 Å². The van der Waals surface area contributed by atoms with Gasteiger partial charge in [-0.1, -0.05) is 20.3 Å². The number of amides is 3. The molecule has 1 fully saturated rings. The van der Waals surface area contributed by atoms with Crippen LogP contribution >= 0.6 is 0 Å². The van der Waals surface area contributed by atoms with Crippen molar-refractivity contribution in [2.24, 2.45) is 11.7 Å². The minimum Gasteiger partial charge on any atom is -0.320 e. The molecule has 2 heterocycles. The summed E-state index contributed by atoms with van der Waals surface area (Å²) < 4.78 is 0. The number of anilines is 1. The molecule has 3 N–H and O–H groups in total. The Kier molecular flexibility index (Phi) is 5.65. The van der Waals surface area contributed by atoms with Gasteiger partial charge in [0.05, 0.1) is 18.4 Å². The molecule has 9 heteroatoms. The zero-order valence-corrected chi connectivity index (χ0v) is 13.8. The Labute approximate surface area is 140 Å². The second-order valence-corrected chi connectivity index (χ2v) is 5.68. The summed E-state index contributed by atoms with van der Waals surface area (Å²) in [7, 11) is 0.